The van der Waals surface area contributed by atoms with Crippen LogP contribution in [0.2, 0.25) is 5.02 Å². The summed E-state index contributed by atoms with van der Waals surface area (Å²) in [5, 5.41) is 3.41. The van der Waals surface area contributed by atoms with Gasteiger partial charge in [-0.05, 0) is 48.7 Å². The van der Waals surface area contributed by atoms with Crippen LogP contribution in [-0.4, -0.2) is 34.5 Å². The average Bonchev–Trinajstić information content (AvgIpc) is 2.70. The van der Waals surface area contributed by atoms with Crippen LogP contribution in [0.25, 0.3) is 0 Å². The lowest BCUT2D eigenvalue weighted by molar-refractivity contribution is 0.102. The topological polar surface area (TPSA) is 71.0 Å². The molecule has 0 spiro atoms. The van der Waals surface area contributed by atoms with Crippen LogP contribution in [0, 0.1) is 6.92 Å². The molecule has 0 atom stereocenters. The molecule has 0 aliphatic rings. The zero-order chi connectivity index (χ0) is 19.2. The molecular weight excluding hydrogens is 362 g/mol. The normalized spacial score (nSPS) is 10.5. The van der Waals surface area contributed by atoms with Crippen molar-refractivity contribution >= 4 is 29.1 Å². The molecule has 6 nitrogen and oxygen atoms in total. The standard InChI is InChI=1S/C20H20ClN5O/c1-14-3-4-17(21)11-18(14)25-19(27)16-12-23-20(24-13-16)26(2)10-7-15-5-8-22-9-6-15/h3-6,8-9,11-13H,7,10H2,1-2H3,(H,25,27). The highest BCUT2D eigenvalue weighted by atomic mass is 35.5. The Morgan fingerprint density at radius 1 is 1.15 bits per heavy atom. The summed E-state index contributed by atoms with van der Waals surface area (Å²) in [6.07, 6.45) is 7.47. The number of pyridine rings is 1. The molecule has 0 fully saturated rings. The number of benzene rings is 1. The Morgan fingerprint density at radius 3 is 2.56 bits per heavy atom. The highest BCUT2D eigenvalue weighted by Gasteiger charge is 2.11. The Kier molecular flexibility index (Phi) is 5.98. The molecule has 27 heavy (non-hydrogen) atoms. The molecule has 3 aromatic rings. The monoisotopic (exact) mass is 381 g/mol. The molecule has 0 bridgehead atoms. The molecule has 2 heterocycles. The molecule has 0 aliphatic carbocycles. The van der Waals surface area contributed by atoms with Gasteiger partial charge in [-0.15, -0.1) is 0 Å². The van der Waals surface area contributed by atoms with E-state index in [1.807, 2.05) is 37.1 Å². The molecule has 1 aromatic carbocycles. The number of aromatic nitrogens is 3. The lowest BCUT2D eigenvalue weighted by atomic mass is 10.2. The van der Waals surface area contributed by atoms with Crippen LogP contribution >= 0.6 is 11.6 Å². The Labute approximate surface area is 163 Å². The summed E-state index contributed by atoms with van der Waals surface area (Å²) in [5.74, 6) is 0.297. The van der Waals surface area contributed by atoms with Gasteiger partial charge in [0, 0.05) is 49.1 Å². The van der Waals surface area contributed by atoms with E-state index in [2.05, 4.69) is 20.3 Å². The molecule has 3 rings (SSSR count). The Balaban J connectivity index is 1.62. The molecule has 0 aliphatic heterocycles. The predicted octanol–water partition coefficient (Wildman–Crippen LogP) is 3.76. The predicted molar refractivity (Wildman–Crippen MR) is 107 cm³/mol. The van der Waals surface area contributed by atoms with E-state index in [0.29, 0.717) is 22.2 Å². The SMILES string of the molecule is Cc1ccc(Cl)cc1NC(=O)c1cnc(N(C)CCc2ccncc2)nc1. The maximum Gasteiger partial charge on any atom is 0.258 e. The summed E-state index contributed by atoms with van der Waals surface area (Å²) in [7, 11) is 1.92. The van der Waals surface area contributed by atoms with E-state index < -0.39 is 0 Å². The molecule has 0 saturated heterocycles. The van der Waals surface area contributed by atoms with Crippen LogP contribution in [0.1, 0.15) is 21.5 Å². The second kappa shape index (κ2) is 8.60. The zero-order valence-electron chi connectivity index (χ0n) is 15.2. The van der Waals surface area contributed by atoms with E-state index in [0.717, 1.165) is 18.5 Å². The van der Waals surface area contributed by atoms with E-state index >= 15 is 0 Å². The summed E-state index contributed by atoms with van der Waals surface area (Å²) in [6, 6.07) is 9.33. The molecular formula is C20H20ClN5O. The van der Waals surface area contributed by atoms with E-state index in [4.69, 9.17) is 11.6 Å². The number of hydrogen-bond acceptors (Lipinski definition) is 5. The summed E-state index contributed by atoms with van der Waals surface area (Å²) >= 11 is 5.99. The zero-order valence-corrected chi connectivity index (χ0v) is 15.9. The fourth-order valence-electron chi connectivity index (χ4n) is 2.51. The first-order valence-corrected chi connectivity index (χ1v) is 8.90. The van der Waals surface area contributed by atoms with Crippen molar-refractivity contribution in [1.29, 1.82) is 0 Å². The number of halogens is 1. The summed E-state index contributed by atoms with van der Waals surface area (Å²) in [5.41, 5.74) is 3.19. The smallest absolute Gasteiger partial charge is 0.258 e. The number of likely N-dealkylation sites (N-methyl/N-ethyl adjacent to an activating group) is 1. The Bertz CT molecular complexity index is 915. The first-order valence-electron chi connectivity index (χ1n) is 8.52. The summed E-state index contributed by atoms with van der Waals surface area (Å²) < 4.78 is 0. The number of anilines is 2. The first kappa shape index (κ1) is 18.8. The number of rotatable bonds is 6. The molecule has 0 unspecified atom stereocenters. The van der Waals surface area contributed by atoms with Gasteiger partial charge in [0.1, 0.15) is 0 Å². The van der Waals surface area contributed by atoms with Crippen molar-refractivity contribution in [2.75, 3.05) is 23.8 Å². The van der Waals surface area contributed by atoms with Gasteiger partial charge in [0.15, 0.2) is 0 Å². The molecule has 0 saturated carbocycles. The lowest BCUT2D eigenvalue weighted by Crippen LogP contribution is -2.23. The largest absolute Gasteiger partial charge is 0.344 e. The number of nitrogens with one attached hydrogen (secondary N) is 1. The van der Waals surface area contributed by atoms with Crippen molar-refractivity contribution in [2.24, 2.45) is 0 Å². The van der Waals surface area contributed by atoms with Crippen LogP contribution in [0.5, 0.6) is 0 Å². The number of hydrogen-bond donors (Lipinski definition) is 1. The number of carbonyl (C=O) groups excluding carboxylic acids is 1. The van der Waals surface area contributed by atoms with Crippen LogP contribution in [0.3, 0.4) is 0 Å². The highest BCUT2D eigenvalue weighted by Crippen LogP contribution is 2.20. The molecule has 138 valence electrons. The van der Waals surface area contributed by atoms with Gasteiger partial charge in [0.2, 0.25) is 5.95 Å². The van der Waals surface area contributed by atoms with Crippen LogP contribution in [0.4, 0.5) is 11.6 Å². The Morgan fingerprint density at radius 2 is 1.85 bits per heavy atom. The third-order valence-corrected chi connectivity index (χ3v) is 4.41. The van der Waals surface area contributed by atoms with Crippen LogP contribution in [-0.2, 0) is 6.42 Å². The van der Waals surface area contributed by atoms with Gasteiger partial charge >= 0.3 is 0 Å². The Hall–Kier alpha value is -2.99. The minimum absolute atomic E-state index is 0.272. The maximum atomic E-state index is 12.4. The third-order valence-electron chi connectivity index (χ3n) is 4.17. The van der Waals surface area contributed by atoms with Gasteiger partial charge in [-0.2, -0.15) is 0 Å². The van der Waals surface area contributed by atoms with Crippen molar-refractivity contribution in [3.8, 4) is 0 Å². The van der Waals surface area contributed by atoms with Crippen LogP contribution < -0.4 is 10.2 Å². The molecule has 0 radical (unpaired) electrons. The van der Waals surface area contributed by atoms with Gasteiger partial charge in [-0.25, -0.2) is 9.97 Å². The van der Waals surface area contributed by atoms with Crippen molar-refractivity contribution < 1.29 is 4.79 Å². The number of carbonyl (C=O) groups is 1. The number of amides is 1. The number of nitrogens with zero attached hydrogens (tertiary/aromatic N) is 4. The van der Waals surface area contributed by atoms with Gasteiger partial charge in [-0.3, -0.25) is 9.78 Å². The highest BCUT2D eigenvalue weighted by molar-refractivity contribution is 6.31. The summed E-state index contributed by atoms with van der Waals surface area (Å²) in [6.45, 7) is 2.67. The average molecular weight is 382 g/mol. The fraction of sp³-hybridized carbons (Fsp3) is 0.200. The van der Waals surface area contributed by atoms with Crippen molar-refractivity contribution in [3.05, 3.63) is 76.8 Å². The summed E-state index contributed by atoms with van der Waals surface area (Å²) in [4.78, 5) is 27.0. The van der Waals surface area contributed by atoms with Crippen molar-refractivity contribution in [1.82, 2.24) is 15.0 Å². The van der Waals surface area contributed by atoms with Crippen molar-refractivity contribution in [3.63, 3.8) is 0 Å². The van der Waals surface area contributed by atoms with E-state index in [1.54, 1.807) is 24.5 Å². The first-order chi connectivity index (χ1) is 13.0. The lowest BCUT2D eigenvalue weighted by Gasteiger charge is -2.17. The molecule has 2 aromatic heterocycles. The van der Waals surface area contributed by atoms with Gasteiger partial charge in [0.25, 0.3) is 5.91 Å². The van der Waals surface area contributed by atoms with Gasteiger partial charge in [-0.1, -0.05) is 17.7 Å². The molecule has 1 amide bonds. The van der Waals surface area contributed by atoms with E-state index in [9.17, 15) is 4.79 Å². The second-order valence-corrected chi connectivity index (χ2v) is 6.65. The minimum Gasteiger partial charge on any atom is -0.344 e. The number of aryl methyl sites for hydroxylation is 1. The van der Waals surface area contributed by atoms with Gasteiger partial charge in [0.05, 0.1) is 5.56 Å². The van der Waals surface area contributed by atoms with E-state index in [1.165, 1.54) is 18.0 Å². The minimum atomic E-state index is -0.272. The van der Waals surface area contributed by atoms with Crippen LogP contribution in [0.15, 0.2) is 55.1 Å². The maximum absolute atomic E-state index is 12.4. The third kappa shape index (κ3) is 5.01. The van der Waals surface area contributed by atoms with Crippen molar-refractivity contribution in [2.45, 2.75) is 13.3 Å². The second-order valence-electron chi connectivity index (χ2n) is 6.21. The van der Waals surface area contributed by atoms with E-state index in [-0.39, 0.29) is 5.91 Å². The quantitative estimate of drug-likeness (QED) is 0.703. The fourth-order valence-corrected chi connectivity index (χ4v) is 2.68. The molecule has 7 heteroatoms. The molecule has 1 N–H and O–H groups in total. The van der Waals surface area contributed by atoms with Gasteiger partial charge < -0.3 is 10.2 Å².